The van der Waals surface area contributed by atoms with Gasteiger partial charge in [0.1, 0.15) is 10.4 Å². The van der Waals surface area contributed by atoms with Gasteiger partial charge in [-0.3, -0.25) is 9.36 Å². The van der Waals surface area contributed by atoms with Gasteiger partial charge in [0.25, 0.3) is 5.56 Å². The Morgan fingerprint density at radius 1 is 1.33 bits per heavy atom. The van der Waals surface area contributed by atoms with Crippen LogP contribution in [0, 0.1) is 6.92 Å². The summed E-state index contributed by atoms with van der Waals surface area (Å²) in [6.07, 6.45) is 2.03. The number of piperidine rings is 1. The maximum Gasteiger partial charge on any atom is 0.273 e. The Kier molecular flexibility index (Phi) is 4.88. The van der Waals surface area contributed by atoms with Crippen LogP contribution >= 0.6 is 11.3 Å². The van der Waals surface area contributed by atoms with E-state index in [0.717, 1.165) is 54.3 Å². The van der Waals surface area contributed by atoms with E-state index in [2.05, 4.69) is 4.90 Å². The van der Waals surface area contributed by atoms with Crippen LogP contribution in [0.5, 0.6) is 5.75 Å². The number of hydrogen-bond acceptors (Lipinski definition) is 6. The molecular weight excluding hydrogens is 360 g/mol. The molecule has 3 heterocycles. The highest BCUT2D eigenvalue weighted by molar-refractivity contribution is 7.17. The molecule has 1 saturated heterocycles. The number of aryl methyl sites for hydroxylation is 1. The number of nitrogens with two attached hydrogens (primary N) is 1. The Morgan fingerprint density at radius 3 is 2.81 bits per heavy atom. The van der Waals surface area contributed by atoms with Crippen molar-refractivity contribution in [2.75, 3.05) is 25.1 Å². The molecule has 1 aliphatic rings. The van der Waals surface area contributed by atoms with E-state index in [9.17, 15) is 4.79 Å². The lowest BCUT2D eigenvalue weighted by molar-refractivity contribution is 0.414. The Bertz CT molecular complexity index is 1010. The third kappa shape index (κ3) is 3.44. The molecule has 1 aliphatic heterocycles. The van der Waals surface area contributed by atoms with Crippen LogP contribution in [0.1, 0.15) is 24.0 Å². The fraction of sp³-hybridized carbons (Fsp3) is 0.400. The van der Waals surface area contributed by atoms with Crippen LogP contribution in [-0.2, 0) is 6.54 Å². The molecule has 0 spiro atoms. The molecule has 1 atom stereocenters. The summed E-state index contributed by atoms with van der Waals surface area (Å²) < 4.78 is 7.74. The van der Waals surface area contributed by atoms with E-state index in [0.29, 0.717) is 11.2 Å². The molecule has 3 aromatic rings. The lowest BCUT2D eigenvalue weighted by atomic mass is 10.1. The van der Waals surface area contributed by atoms with Crippen LogP contribution < -0.4 is 20.9 Å². The molecule has 6 nitrogen and oxygen atoms in total. The van der Waals surface area contributed by atoms with Gasteiger partial charge in [-0.05, 0) is 48.4 Å². The number of rotatable bonds is 4. The van der Waals surface area contributed by atoms with E-state index < -0.39 is 0 Å². The minimum absolute atomic E-state index is 0.0167. The number of thiophene rings is 1. The number of nitrogens with zero attached hydrogens (tertiary/aromatic N) is 3. The predicted molar refractivity (Wildman–Crippen MR) is 110 cm³/mol. The van der Waals surface area contributed by atoms with Gasteiger partial charge in [-0.2, -0.15) is 0 Å². The van der Waals surface area contributed by atoms with Crippen molar-refractivity contribution in [2.24, 2.45) is 5.73 Å². The molecule has 27 heavy (non-hydrogen) atoms. The molecule has 0 saturated carbocycles. The molecule has 0 aliphatic carbocycles. The summed E-state index contributed by atoms with van der Waals surface area (Å²) >= 11 is 1.47. The second-order valence-electron chi connectivity index (χ2n) is 7.10. The van der Waals surface area contributed by atoms with Crippen molar-refractivity contribution in [1.29, 1.82) is 0 Å². The summed E-state index contributed by atoms with van der Waals surface area (Å²) in [5.74, 6) is 1.52. The minimum Gasteiger partial charge on any atom is -0.497 e. The maximum absolute atomic E-state index is 13.3. The Balaban J connectivity index is 1.81. The number of ether oxygens (including phenoxy) is 1. The van der Waals surface area contributed by atoms with Gasteiger partial charge < -0.3 is 15.4 Å². The number of methoxy groups -OCH3 is 1. The van der Waals surface area contributed by atoms with E-state index >= 15 is 0 Å². The molecular formula is C20H24N4O2S. The van der Waals surface area contributed by atoms with Gasteiger partial charge in [-0.15, -0.1) is 11.3 Å². The SMILES string of the molecule is COc1ccc(Cn2c(N3CCC[C@@H](N)C3)nc3c(C)csc3c2=O)cc1. The molecule has 2 N–H and O–H groups in total. The summed E-state index contributed by atoms with van der Waals surface area (Å²) in [5.41, 5.74) is 9.10. The Labute approximate surface area is 162 Å². The monoisotopic (exact) mass is 384 g/mol. The normalized spacial score (nSPS) is 17.4. The van der Waals surface area contributed by atoms with Gasteiger partial charge >= 0.3 is 0 Å². The fourth-order valence-electron chi connectivity index (χ4n) is 3.59. The summed E-state index contributed by atoms with van der Waals surface area (Å²) in [7, 11) is 1.65. The van der Waals surface area contributed by atoms with Gasteiger partial charge in [0.15, 0.2) is 0 Å². The van der Waals surface area contributed by atoms with Crippen LogP contribution in [0.3, 0.4) is 0 Å². The lowest BCUT2D eigenvalue weighted by Gasteiger charge is -2.33. The summed E-state index contributed by atoms with van der Waals surface area (Å²) in [6, 6.07) is 7.92. The minimum atomic E-state index is 0.0167. The van der Waals surface area contributed by atoms with Gasteiger partial charge in [0.05, 0.1) is 19.2 Å². The van der Waals surface area contributed by atoms with E-state index in [4.69, 9.17) is 15.5 Å². The van der Waals surface area contributed by atoms with Crippen molar-refractivity contribution in [3.8, 4) is 5.75 Å². The summed E-state index contributed by atoms with van der Waals surface area (Å²) in [4.78, 5) is 20.3. The topological polar surface area (TPSA) is 73.4 Å². The van der Waals surface area contributed by atoms with Gasteiger partial charge in [-0.25, -0.2) is 4.98 Å². The van der Waals surface area contributed by atoms with Crippen LogP contribution in [-0.4, -0.2) is 35.8 Å². The largest absolute Gasteiger partial charge is 0.497 e. The van der Waals surface area contributed by atoms with Crippen molar-refractivity contribution in [3.05, 3.63) is 51.1 Å². The quantitative estimate of drug-likeness (QED) is 0.749. The highest BCUT2D eigenvalue weighted by Crippen LogP contribution is 2.25. The summed E-state index contributed by atoms with van der Waals surface area (Å²) in [5, 5.41) is 2.00. The molecule has 0 amide bonds. The van der Waals surface area contributed by atoms with Crippen molar-refractivity contribution in [1.82, 2.24) is 9.55 Å². The first kappa shape index (κ1) is 18.0. The Morgan fingerprint density at radius 2 is 2.11 bits per heavy atom. The second-order valence-corrected chi connectivity index (χ2v) is 7.98. The second kappa shape index (κ2) is 7.32. The zero-order chi connectivity index (χ0) is 19.0. The number of hydrogen-bond donors (Lipinski definition) is 1. The van der Waals surface area contributed by atoms with Gasteiger partial charge in [0.2, 0.25) is 5.95 Å². The smallest absolute Gasteiger partial charge is 0.273 e. The van der Waals surface area contributed by atoms with Crippen molar-refractivity contribution < 1.29 is 4.74 Å². The third-order valence-electron chi connectivity index (χ3n) is 5.08. The molecule has 142 valence electrons. The predicted octanol–water partition coefficient (Wildman–Crippen LogP) is 2.75. The first-order valence-electron chi connectivity index (χ1n) is 9.19. The molecule has 0 radical (unpaired) electrons. The zero-order valence-corrected chi connectivity index (χ0v) is 16.5. The number of anilines is 1. The van der Waals surface area contributed by atoms with Gasteiger partial charge in [-0.1, -0.05) is 12.1 Å². The Hall–Kier alpha value is -2.38. The molecule has 0 bridgehead atoms. The van der Waals surface area contributed by atoms with Crippen LogP contribution in [0.4, 0.5) is 5.95 Å². The molecule has 2 aromatic heterocycles. The average molecular weight is 385 g/mol. The molecule has 0 unspecified atom stereocenters. The van der Waals surface area contributed by atoms with Crippen LogP contribution in [0.15, 0.2) is 34.4 Å². The van der Waals surface area contributed by atoms with Crippen LogP contribution in [0.2, 0.25) is 0 Å². The highest BCUT2D eigenvalue weighted by atomic mass is 32.1. The first-order chi connectivity index (χ1) is 13.1. The standard InChI is InChI=1S/C20H24N4O2S/c1-13-12-27-18-17(13)22-20(23-9-3-4-15(21)11-23)24(19(18)25)10-14-5-7-16(26-2)8-6-14/h5-8,12,15H,3-4,9-11,21H2,1-2H3/t15-/m1/s1. The molecule has 1 fully saturated rings. The lowest BCUT2D eigenvalue weighted by Crippen LogP contribution is -2.45. The average Bonchev–Trinajstić information content (AvgIpc) is 3.05. The van der Waals surface area contributed by atoms with Crippen molar-refractivity contribution >= 4 is 27.5 Å². The van der Waals surface area contributed by atoms with E-state index in [1.54, 1.807) is 11.7 Å². The first-order valence-corrected chi connectivity index (χ1v) is 10.1. The number of benzene rings is 1. The van der Waals surface area contributed by atoms with Crippen LogP contribution in [0.25, 0.3) is 10.2 Å². The number of aromatic nitrogens is 2. The summed E-state index contributed by atoms with van der Waals surface area (Å²) in [6.45, 7) is 4.08. The van der Waals surface area contributed by atoms with Gasteiger partial charge in [0, 0.05) is 19.1 Å². The van der Waals surface area contributed by atoms with E-state index in [-0.39, 0.29) is 11.6 Å². The fourth-order valence-corrected chi connectivity index (χ4v) is 4.53. The van der Waals surface area contributed by atoms with Crippen molar-refractivity contribution in [2.45, 2.75) is 32.4 Å². The van der Waals surface area contributed by atoms with E-state index in [1.807, 2.05) is 36.6 Å². The molecule has 4 rings (SSSR count). The molecule has 7 heteroatoms. The third-order valence-corrected chi connectivity index (χ3v) is 6.15. The van der Waals surface area contributed by atoms with E-state index in [1.165, 1.54) is 11.3 Å². The molecule has 1 aromatic carbocycles. The van der Waals surface area contributed by atoms with Crippen molar-refractivity contribution in [3.63, 3.8) is 0 Å². The number of fused-ring (bicyclic) bond motifs is 1. The zero-order valence-electron chi connectivity index (χ0n) is 15.6. The highest BCUT2D eigenvalue weighted by Gasteiger charge is 2.23. The maximum atomic E-state index is 13.3.